The van der Waals surface area contributed by atoms with Crippen LogP contribution in [0, 0.1) is 17.3 Å². The lowest BCUT2D eigenvalue weighted by Gasteiger charge is -2.20. The lowest BCUT2D eigenvalue weighted by Crippen LogP contribution is -2.22. The normalized spacial score (nSPS) is 29.5. The molecule has 104 valence electrons. The van der Waals surface area contributed by atoms with E-state index < -0.39 is 11.9 Å². The van der Waals surface area contributed by atoms with E-state index >= 15 is 0 Å². The minimum absolute atomic E-state index is 0.0987. The highest BCUT2D eigenvalue weighted by Crippen LogP contribution is 2.47. The van der Waals surface area contributed by atoms with Gasteiger partial charge in [0.25, 0.3) is 0 Å². The molecule has 0 spiro atoms. The van der Waals surface area contributed by atoms with Crippen LogP contribution < -0.4 is 0 Å². The number of carbonyl (C=O) groups excluding carboxylic acids is 1. The Labute approximate surface area is 113 Å². The molecule has 1 aliphatic carbocycles. The fraction of sp³-hybridized carbons (Fsp3) is 0.600. The molecule has 0 amide bonds. The summed E-state index contributed by atoms with van der Waals surface area (Å²) in [6.07, 6.45) is 3.49. The molecule has 0 radical (unpaired) electrons. The molecule has 4 nitrogen and oxygen atoms in total. The average Bonchev–Trinajstić information content (AvgIpc) is 2.79. The molecule has 0 aromatic rings. The molecular weight excluding hydrogens is 244 g/mol. The Hall–Kier alpha value is -1.58. The van der Waals surface area contributed by atoms with E-state index in [4.69, 9.17) is 9.84 Å². The van der Waals surface area contributed by atoms with Crippen LogP contribution in [0.15, 0.2) is 23.8 Å². The quantitative estimate of drug-likeness (QED) is 0.793. The average molecular weight is 264 g/mol. The molecule has 1 heterocycles. The Balaban J connectivity index is 2.27. The summed E-state index contributed by atoms with van der Waals surface area (Å²) in [5.74, 6) is -1.98. The van der Waals surface area contributed by atoms with Gasteiger partial charge in [-0.25, -0.2) is 0 Å². The van der Waals surface area contributed by atoms with Crippen molar-refractivity contribution in [1.29, 1.82) is 0 Å². The summed E-state index contributed by atoms with van der Waals surface area (Å²) in [5.41, 5.74) is 2.47. The molecule has 0 aromatic heterocycles. The summed E-state index contributed by atoms with van der Waals surface area (Å²) in [5, 5.41) is 8.93. The molecule has 2 aliphatic rings. The van der Waals surface area contributed by atoms with E-state index in [2.05, 4.69) is 20.4 Å². The summed E-state index contributed by atoms with van der Waals surface area (Å²) in [6, 6.07) is 0. The summed E-state index contributed by atoms with van der Waals surface area (Å²) >= 11 is 0. The first-order valence-electron chi connectivity index (χ1n) is 6.57. The zero-order valence-corrected chi connectivity index (χ0v) is 11.4. The molecule has 2 rings (SSSR count). The fourth-order valence-electron chi connectivity index (χ4n) is 3.21. The van der Waals surface area contributed by atoms with Crippen molar-refractivity contribution in [3.8, 4) is 0 Å². The van der Waals surface area contributed by atoms with Crippen LogP contribution in [-0.4, -0.2) is 23.7 Å². The molecular formula is C15H20O4. The number of esters is 1. The van der Waals surface area contributed by atoms with Gasteiger partial charge >= 0.3 is 11.9 Å². The zero-order valence-electron chi connectivity index (χ0n) is 11.4. The van der Waals surface area contributed by atoms with Crippen LogP contribution in [0.3, 0.4) is 0 Å². The Morgan fingerprint density at radius 3 is 2.79 bits per heavy atom. The molecule has 0 bridgehead atoms. The van der Waals surface area contributed by atoms with E-state index in [9.17, 15) is 9.59 Å². The van der Waals surface area contributed by atoms with Crippen LogP contribution in [-0.2, 0) is 14.3 Å². The van der Waals surface area contributed by atoms with Gasteiger partial charge in [0, 0.05) is 5.92 Å². The second-order valence-electron chi connectivity index (χ2n) is 6.21. The van der Waals surface area contributed by atoms with Gasteiger partial charge < -0.3 is 9.84 Å². The number of hydrogen-bond acceptors (Lipinski definition) is 3. The van der Waals surface area contributed by atoms with E-state index in [0.29, 0.717) is 6.61 Å². The van der Waals surface area contributed by atoms with Crippen LogP contribution in [0.2, 0.25) is 0 Å². The highest BCUT2D eigenvalue weighted by atomic mass is 16.5. The molecule has 19 heavy (non-hydrogen) atoms. The Morgan fingerprint density at radius 2 is 2.21 bits per heavy atom. The molecule has 0 unspecified atom stereocenters. The maximum absolute atomic E-state index is 11.7. The highest BCUT2D eigenvalue weighted by Gasteiger charge is 2.44. The first kappa shape index (κ1) is 13.8. The van der Waals surface area contributed by atoms with Crippen molar-refractivity contribution in [2.75, 3.05) is 6.61 Å². The minimum Gasteiger partial charge on any atom is -0.481 e. The summed E-state index contributed by atoms with van der Waals surface area (Å²) < 4.78 is 5.08. The predicted molar refractivity (Wildman–Crippen MR) is 70.4 cm³/mol. The third kappa shape index (κ3) is 2.72. The number of allylic oxidation sites excluding steroid dienone is 2. The third-order valence-electron chi connectivity index (χ3n) is 4.03. The monoisotopic (exact) mass is 264 g/mol. The van der Waals surface area contributed by atoms with E-state index in [-0.39, 0.29) is 23.7 Å². The Bertz CT molecular complexity index is 459. The number of carboxylic acids is 1. The van der Waals surface area contributed by atoms with Crippen LogP contribution >= 0.6 is 0 Å². The largest absolute Gasteiger partial charge is 0.481 e. The number of carbonyl (C=O) groups is 2. The van der Waals surface area contributed by atoms with Gasteiger partial charge in [-0.1, -0.05) is 32.1 Å². The van der Waals surface area contributed by atoms with E-state index in [1.807, 2.05) is 6.08 Å². The van der Waals surface area contributed by atoms with Crippen LogP contribution in [0.4, 0.5) is 0 Å². The van der Waals surface area contributed by atoms with Gasteiger partial charge in [-0.15, -0.1) is 0 Å². The molecule has 4 heteroatoms. The van der Waals surface area contributed by atoms with E-state index in [1.54, 1.807) is 0 Å². The number of ether oxygens (including phenoxy) is 1. The van der Waals surface area contributed by atoms with Gasteiger partial charge in [0.05, 0.1) is 18.9 Å². The minimum atomic E-state index is -0.952. The first-order chi connectivity index (χ1) is 8.84. The Kier molecular flexibility index (Phi) is 3.52. The maximum atomic E-state index is 11.7. The Morgan fingerprint density at radius 1 is 1.53 bits per heavy atom. The molecule has 1 aliphatic heterocycles. The molecule has 0 aromatic carbocycles. The number of aliphatic carboxylic acids is 1. The van der Waals surface area contributed by atoms with Gasteiger partial charge in [-0.2, -0.15) is 0 Å². The summed E-state index contributed by atoms with van der Waals surface area (Å²) in [4.78, 5) is 22.6. The number of cyclic esters (lactones) is 1. The molecule has 1 fully saturated rings. The van der Waals surface area contributed by atoms with Crippen molar-refractivity contribution >= 4 is 11.9 Å². The summed E-state index contributed by atoms with van der Waals surface area (Å²) in [6.45, 7) is 8.49. The van der Waals surface area contributed by atoms with Crippen molar-refractivity contribution in [1.82, 2.24) is 0 Å². The van der Waals surface area contributed by atoms with Crippen molar-refractivity contribution in [3.05, 3.63) is 23.8 Å². The standard InChI is InChI=1S/C15H20O4/c1-4-9-6-15(2,3)7-11(9)12-8-19-14(18)10(12)5-13(16)17/h4,10,12H,1,5-8H2,2-3H3,(H,16,17)/t10-,12+/m0/s1. The second kappa shape index (κ2) is 4.83. The van der Waals surface area contributed by atoms with Crippen LogP contribution in [0.25, 0.3) is 0 Å². The maximum Gasteiger partial charge on any atom is 0.310 e. The summed E-state index contributed by atoms with van der Waals surface area (Å²) in [7, 11) is 0. The van der Waals surface area contributed by atoms with Crippen molar-refractivity contribution in [3.63, 3.8) is 0 Å². The first-order valence-corrected chi connectivity index (χ1v) is 6.57. The van der Waals surface area contributed by atoms with Crippen molar-refractivity contribution in [2.24, 2.45) is 17.3 Å². The fourth-order valence-corrected chi connectivity index (χ4v) is 3.21. The van der Waals surface area contributed by atoms with Crippen molar-refractivity contribution in [2.45, 2.75) is 33.1 Å². The zero-order chi connectivity index (χ0) is 14.2. The van der Waals surface area contributed by atoms with Gasteiger partial charge in [0.15, 0.2) is 0 Å². The van der Waals surface area contributed by atoms with Crippen molar-refractivity contribution < 1.29 is 19.4 Å². The van der Waals surface area contributed by atoms with Gasteiger partial charge in [-0.05, 0) is 23.8 Å². The van der Waals surface area contributed by atoms with Crippen LogP contribution in [0.5, 0.6) is 0 Å². The number of rotatable bonds is 4. The molecule has 0 saturated carbocycles. The molecule has 1 N–H and O–H groups in total. The lowest BCUT2D eigenvalue weighted by atomic mass is 9.81. The smallest absolute Gasteiger partial charge is 0.310 e. The third-order valence-corrected chi connectivity index (χ3v) is 4.03. The van der Waals surface area contributed by atoms with Gasteiger partial charge in [-0.3, -0.25) is 9.59 Å². The second-order valence-corrected chi connectivity index (χ2v) is 6.21. The highest BCUT2D eigenvalue weighted by molar-refractivity contribution is 5.81. The van der Waals surface area contributed by atoms with E-state index in [1.165, 1.54) is 0 Å². The van der Waals surface area contributed by atoms with Gasteiger partial charge in [0.2, 0.25) is 0 Å². The lowest BCUT2D eigenvalue weighted by molar-refractivity contribution is -0.146. The van der Waals surface area contributed by atoms with Crippen LogP contribution in [0.1, 0.15) is 33.1 Å². The molecule has 2 atom stereocenters. The van der Waals surface area contributed by atoms with Gasteiger partial charge in [0.1, 0.15) is 0 Å². The topological polar surface area (TPSA) is 63.6 Å². The molecule has 1 saturated heterocycles. The SMILES string of the molecule is C=CC1=C([C@@H]2COC(=O)[C@H]2CC(=O)O)CC(C)(C)C1. The number of carboxylic acid groups (broad SMARTS) is 1. The number of hydrogen-bond donors (Lipinski definition) is 1. The van der Waals surface area contributed by atoms with E-state index in [0.717, 1.165) is 24.0 Å². The predicted octanol–water partition coefficient (Wildman–Crippen LogP) is 2.55.